The minimum atomic E-state index is -0.318. The molecule has 1 unspecified atom stereocenters. The van der Waals surface area contributed by atoms with Gasteiger partial charge >= 0.3 is 5.97 Å². The van der Waals surface area contributed by atoms with E-state index in [4.69, 9.17) is 4.74 Å². The first-order valence-corrected chi connectivity index (χ1v) is 7.46. The molecule has 0 heterocycles. The average Bonchev–Trinajstić information content (AvgIpc) is 2.40. The molecule has 3 heteroatoms. The molecule has 0 aliphatic heterocycles. The lowest BCUT2D eigenvalue weighted by Gasteiger charge is -2.41. The number of hydrogen-bond acceptors (Lipinski definition) is 3. The zero-order valence-corrected chi connectivity index (χ0v) is 13.4. The van der Waals surface area contributed by atoms with Crippen molar-refractivity contribution < 1.29 is 9.53 Å². The van der Waals surface area contributed by atoms with Crippen molar-refractivity contribution >= 4 is 5.97 Å². The maximum absolute atomic E-state index is 12.0. The van der Waals surface area contributed by atoms with E-state index in [1.54, 1.807) is 0 Å². The fraction of sp³-hybridized carbons (Fsp3) is 0.588. The van der Waals surface area contributed by atoms with Crippen LogP contribution in [0.15, 0.2) is 24.3 Å². The highest BCUT2D eigenvalue weighted by Crippen LogP contribution is 2.34. The minimum absolute atomic E-state index is 0.134. The van der Waals surface area contributed by atoms with Gasteiger partial charge in [0.05, 0.1) is 18.6 Å². The normalized spacial score (nSPS) is 14.1. The molecule has 1 rings (SSSR count). The largest absolute Gasteiger partial charge is 0.466 e. The predicted octanol–water partition coefficient (Wildman–Crippen LogP) is 3.51. The highest BCUT2D eigenvalue weighted by atomic mass is 16.5. The first-order chi connectivity index (χ1) is 9.49. The molecule has 1 aromatic carbocycles. The van der Waals surface area contributed by atoms with Gasteiger partial charge in [0.2, 0.25) is 0 Å². The number of nitrogens with zero attached hydrogens (tertiary/aromatic N) is 1. The van der Waals surface area contributed by atoms with E-state index in [0.717, 1.165) is 13.1 Å². The molecule has 0 saturated heterocycles. The van der Waals surface area contributed by atoms with Crippen LogP contribution < -0.4 is 0 Å². The maximum atomic E-state index is 12.0. The number of benzene rings is 1. The van der Waals surface area contributed by atoms with Gasteiger partial charge in [0.15, 0.2) is 0 Å². The maximum Gasteiger partial charge on any atom is 0.307 e. The summed E-state index contributed by atoms with van der Waals surface area (Å²) in [6.45, 7) is 12.6. The van der Waals surface area contributed by atoms with Crippen molar-refractivity contribution in [2.24, 2.45) is 0 Å². The Morgan fingerprint density at radius 1 is 1.20 bits per heavy atom. The second-order valence-electron chi connectivity index (χ2n) is 5.24. The van der Waals surface area contributed by atoms with Crippen molar-refractivity contribution in [1.29, 1.82) is 0 Å². The van der Waals surface area contributed by atoms with E-state index in [1.807, 2.05) is 19.1 Å². The van der Waals surface area contributed by atoms with Gasteiger partial charge < -0.3 is 4.74 Å². The van der Waals surface area contributed by atoms with E-state index in [-0.39, 0.29) is 11.5 Å². The van der Waals surface area contributed by atoms with Gasteiger partial charge in [0.1, 0.15) is 0 Å². The molecule has 0 amide bonds. The van der Waals surface area contributed by atoms with Crippen molar-refractivity contribution in [1.82, 2.24) is 4.90 Å². The molecule has 0 aliphatic carbocycles. The van der Waals surface area contributed by atoms with E-state index < -0.39 is 0 Å². The van der Waals surface area contributed by atoms with Crippen molar-refractivity contribution in [2.45, 2.75) is 46.6 Å². The highest BCUT2D eigenvalue weighted by Gasteiger charge is 2.36. The van der Waals surface area contributed by atoms with Crippen LogP contribution in [0.25, 0.3) is 0 Å². The molecule has 20 heavy (non-hydrogen) atoms. The number of rotatable bonds is 7. The fourth-order valence-corrected chi connectivity index (χ4v) is 2.97. The van der Waals surface area contributed by atoms with Gasteiger partial charge in [-0.25, -0.2) is 0 Å². The summed E-state index contributed by atoms with van der Waals surface area (Å²) in [5.41, 5.74) is 2.10. The van der Waals surface area contributed by atoms with E-state index in [9.17, 15) is 4.79 Å². The third kappa shape index (κ3) is 3.60. The molecule has 3 nitrogen and oxygen atoms in total. The van der Waals surface area contributed by atoms with Gasteiger partial charge in [-0.1, -0.05) is 38.1 Å². The van der Waals surface area contributed by atoms with Crippen LogP contribution in [0.3, 0.4) is 0 Å². The van der Waals surface area contributed by atoms with Crippen molar-refractivity contribution in [3.8, 4) is 0 Å². The summed E-state index contributed by atoms with van der Waals surface area (Å²) in [4.78, 5) is 14.4. The van der Waals surface area contributed by atoms with Gasteiger partial charge in [-0.05, 0) is 45.0 Å². The number of hydrogen-bond donors (Lipinski definition) is 0. The van der Waals surface area contributed by atoms with Gasteiger partial charge in [-0.15, -0.1) is 0 Å². The lowest BCUT2D eigenvalue weighted by molar-refractivity contribution is -0.146. The quantitative estimate of drug-likeness (QED) is 0.714. The Hall–Kier alpha value is -1.35. The van der Waals surface area contributed by atoms with Crippen LogP contribution in [0.4, 0.5) is 0 Å². The Morgan fingerprint density at radius 2 is 1.80 bits per heavy atom. The molecule has 0 aliphatic rings. The fourth-order valence-electron chi connectivity index (χ4n) is 2.97. The SMILES string of the molecule is CCOC(=O)CC(C)(c1ccccc1C)N(CC)CC. The molecule has 0 saturated carbocycles. The van der Waals surface area contributed by atoms with Crippen molar-refractivity contribution in [3.05, 3.63) is 35.4 Å². The molecule has 0 aromatic heterocycles. The Labute approximate surface area is 122 Å². The molecule has 0 fully saturated rings. The van der Waals surface area contributed by atoms with Crippen LogP contribution in [0.1, 0.15) is 45.2 Å². The number of aryl methyl sites for hydroxylation is 1. The topological polar surface area (TPSA) is 29.5 Å². The van der Waals surface area contributed by atoms with Crippen molar-refractivity contribution in [3.63, 3.8) is 0 Å². The number of carbonyl (C=O) groups is 1. The van der Waals surface area contributed by atoms with E-state index in [1.165, 1.54) is 11.1 Å². The lowest BCUT2D eigenvalue weighted by Crippen LogP contribution is -2.46. The summed E-state index contributed by atoms with van der Waals surface area (Å²) in [6.07, 6.45) is 0.382. The van der Waals surface area contributed by atoms with Gasteiger partial charge in [-0.3, -0.25) is 9.69 Å². The number of esters is 1. The molecule has 1 aromatic rings. The lowest BCUT2D eigenvalue weighted by atomic mass is 9.84. The molecule has 0 radical (unpaired) electrons. The molecule has 0 spiro atoms. The minimum Gasteiger partial charge on any atom is -0.466 e. The van der Waals surface area contributed by atoms with E-state index >= 15 is 0 Å². The first-order valence-electron chi connectivity index (χ1n) is 7.46. The molecule has 0 N–H and O–H groups in total. The third-order valence-corrected chi connectivity index (χ3v) is 3.98. The highest BCUT2D eigenvalue weighted by molar-refractivity contribution is 5.71. The summed E-state index contributed by atoms with van der Waals surface area (Å²) < 4.78 is 5.17. The van der Waals surface area contributed by atoms with E-state index in [0.29, 0.717) is 13.0 Å². The van der Waals surface area contributed by atoms with Crippen LogP contribution in [-0.2, 0) is 15.1 Å². The van der Waals surface area contributed by atoms with Gasteiger partial charge in [-0.2, -0.15) is 0 Å². The predicted molar refractivity (Wildman–Crippen MR) is 82.7 cm³/mol. The third-order valence-electron chi connectivity index (χ3n) is 3.98. The first kappa shape index (κ1) is 16.7. The van der Waals surface area contributed by atoms with Crippen LogP contribution in [0.2, 0.25) is 0 Å². The molecule has 0 bridgehead atoms. The second kappa shape index (κ2) is 7.44. The van der Waals surface area contributed by atoms with Gasteiger partial charge in [0.25, 0.3) is 0 Å². The number of ether oxygens (including phenoxy) is 1. The van der Waals surface area contributed by atoms with Crippen LogP contribution in [0, 0.1) is 6.92 Å². The summed E-state index contributed by atoms with van der Waals surface area (Å²) >= 11 is 0. The van der Waals surface area contributed by atoms with Crippen LogP contribution in [0.5, 0.6) is 0 Å². The average molecular weight is 277 g/mol. The molecular formula is C17H27NO2. The zero-order chi connectivity index (χ0) is 15.2. The molecular weight excluding hydrogens is 250 g/mol. The molecule has 112 valence electrons. The standard InChI is InChI=1S/C17H27NO2/c1-6-18(7-2)17(5,13-16(19)20-8-3)15-12-10-9-11-14(15)4/h9-12H,6-8,13H2,1-5H3. The van der Waals surface area contributed by atoms with Crippen LogP contribution >= 0.6 is 0 Å². The Kier molecular flexibility index (Phi) is 6.21. The van der Waals surface area contributed by atoms with Crippen molar-refractivity contribution in [2.75, 3.05) is 19.7 Å². The second-order valence-corrected chi connectivity index (χ2v) is 5.24. The zero-order valence-electron chi connectivity index (χ0n) is 13.4. The Balaban J connectivity index is 3.20. The van der Waals surface area contributed by atoms with Gasteiger partial charge in [0, 0.05) is 0 Å². The molecule has 1 atom stereocenters. The monoisotopic (exact) mass is 277 g/mol. The van der Waals surface area contributed by atoms with Crippen LogP contribution in [-0.4, -0.2) is 30.6 Å². The van der Waals surface area contributed by atoms with E-state index in [2.05, 4.69) is 44.7 Å². The number of carbonyl (C=O) groups excluding carboxylic acids is 1. The summed E-state index contributed by atoms with van der Waals surface area (Å²) in [5, 5.41) is 0. The summed E-state index contributed by atoms with van der Waals surface area (Å²) in [5.74, 6) is -0.134. The summed E-state index contributed by atoms with van der Waals surface area (Å²) in [7, 11) is 0. The summed E-state index contributed by atoms with van der Waals surface area (Å²) in [6, 6.07) is 8.29. The Morgan fingerprint density at radius 3 is 2.30 bits per heavy atom. The smallest absolute Gasteiger partial charge is 0.307 e. The Bertz CT molecular complexity index is 440.